The minimum absolute atomic E-state index is 0. The molecule has 72 heavy (non-hydrogen) atoms. The van der Waals surface area contributed by atoms with E-state index < -0.39 is 0 Å². The molecular formula is C60H40N8OPt2S. The first-order valence-corrected chi connectivity index (χ1v) is 24.1. The third kappa shape index (κ3) is 8.96. The molecule has 14 rings (SSSR count). The summed E-state index contributed by atoms with van der Waals surface area (Å²) in [5.41, 5.74) is 17.6. The Labute approximate surface area is 449 Å². The van der Waals surface area contributed by atoms with E-state index in [9.17, 15) is 0 Å². The van der Waals surface area contributed by atoms with Crippen molar-refractivity contribution >= 4 is 66.8 Å². The summed E-state index contributed by atoms with van der Waals surface area (Å²) >= 11 is 1.71. The molecular weight excluding hydrogens is 1270 g/mol. The second kappa shape index (κ2) is 20.3. The molecule has 0 saturated heterocycles. The molecule has 0 bridgehead atoms. The van der Waals surface area contributed by atoms with Crippen LogP contribution in [0.1, 0.15) is 22.3 Å². The standard InChI is InChI=1S/C30H20N4O.C30H20N4S.2Pt/c2*1-3-11-27-21(7-1)13-14-22-15-16-23(30-32-26-10-2-4-12-29(26)35-30)19-28(22)34(27)25-9-5-8-24(20-25)33-18-6-17-31-33;;/h2*1-12,15-18H,13-14H2;;/q2*-2;2*+2. The maximum atomic E-state index is 6.07. The number of oxazole rings is 1. The van der Waals surface area contributed by atoms with Gasteiger partial charge in [0.2, 0.25) is 0 Å². The van der Waals surface area contributed by atoms with E-state index in [1.807, 2.05) is 82.4 Å². The van der Waals surface area contributed by atoms with Gasteiger partial charge in [0, 0.05) is 45.9 Å². The average molecular weight is 1310 g/mol. The quantitative estimate of drug-likeness (QED) is 0.153. The molecule has 0 aliphatic carbocycles. The Morgan fingerprint density at radius 2 is 0.944 bits per heavy atom. The number of hydrogen-bond donors (Lipinski definition) is 0. The predicted molar refractivity (Wildman–Crippen MR) is 278 cm³/mol. The molecule has 8 aromatic carbocycles. The maximum Gasteiger partial charge on any atom is 2.00 e. The normalized spacial score (nSPS) is 12.5. The van der Waals surface area contributed by atoms with Gasteiger partial charge in [-0.05, 0) is 95.2 Å². The number of aromatic nitrogens is 6. The van der Waals surface area contributed by atoms with Gasteiger partial charge in [-0.15, -0.1) is 89.5 Å². The molecule has 2 aliphatic rings. The molecule has 6 heterocycles. The number of rotatable bonds is 6. The van der Waals surface area contributed by atoms with Crippen molar-refractivity contribution in [2.24, 2.45) is 0 Å². The van der Waals surface area contributed by atoms with E-state index in [2.05, 4.69) is 153 Å². The molecule has 352 valence electrons. The van der Waals surface area contributed by atoms with Gasteiger partial charge in [-0.1, -0.05) is 90.4 Å². The summed E-state index contributed by atoms with van der Waals surface area (Å²) < 4.78 is 10.9. The molecule has 0 radical (unpaired) electrons. The summed E-state index contributed by atoms with van der Waals surface area (Å²) in [4.78, 5) is 14.1. The third-order valence-electron chi connectivity index (χ3n) is 12.8. The monoisotopic (exact) mass is 1310 g/mol. The Balaban J connectivity index is 0.000000151. The molecule has 4 aromatic heterocycles. The zero-order valence-electron chi connectivity index (χ0n) is 38.3. The number of anilines is 6. The van der Waals surface area contributed by atoms with Crippen LogP contribution in [0.25, 0.3) is 54.7 Å². The zero-order valence-corrected chi connectivity index (χ0v) is 43.7. The first-order chi connectivity index (χ1) is 34.7. The number of fused-ring (bicyclic) bond motifs is 6. The van der Waals surface area contributed by atoms with Crippen molar-refractivity contribution in [2.45, 2.75) is 25.7 Å². The van der Waals surface area contributed by atoms with Gasteiger partial charge in [0.25, 0.3) is 0 Å². The Morgan fingerprint density at radius 1 is 0.431 bits per heavy atom. The van der Waals surface area contributed by atoms with Gasteiger partial charge < -0.3 is 14.2 Å². The fourth-order valence-corrected chi connectivity index (χ4v) is 10.4. The minimum atomic E-state index is 0. The molecule has 0 amide bonds. The summed E-state index contributed by atoms with van der Waals surface area (Å²) in [5.74, 6) is 0.570. The van der Waals surface area contributed by atoms with Crippen LogP contribution in [0.5, 0.6) is 0 Å². The summed E-state index contributed by atoms with van der Waals surface area (Å²) in [6.45, 7) is 0. The maximum absolute atomic E-state index is 6.07. The number of nitrogens with zero attached hydrogens (tertiary/aromatic N) is 8. The first-order valence-electron chi connectivity index (χ1n) is 23.3. The van der Waals surface area contributed by atoms with E-state index in [1.54, 1.807) is 23.7 Å². The van der Waals surface area contributed by atoms with Crippen molar-refractivity contribution in [1.29, 1.82) is 0 Å². The second-order valence-electron chi connectivity index (χ2n) is 17.1. The summed E-state index contributed by atoms with van der Waals surface area (Å²) in [6, 6.07) is 72.7. The SMILES string of the molecule is [Pt+2].[Pt+2].[c-]1c(N2c3[c-]c(-c4nc5ccccc5o4)ccc3CCc3ccccc32)cccc1-n1cccn1.[c-]1c(N2c3[c-]c(-c4nc5ccccc5s4)ccc3CCc3ccccc32)cccc1-n1cccn1. The fourth-order valence-electron chi connectivity index (χ4n) is 9.45. The molecule has 0 saturated carbocycles. The Morgan fingerprint density at radius 3 is 1.53 bits per heavy atom. The van der Waals surface area contributed by atoms with Crippen molar-refractivity contribution in [3.63, 3.8) is 0 Å². The van der Waals surface area contributed by atoms with Crippen LogP contribution in [-0.4, -0.2) is 29.5 Å². The topological polar surface area (TPSA) is 81.0 Å². The molecule has 0 spiro atoms. The van der Waals surface area contributed by atoms with E-state index in [1.165, 1.54) is 27.0 Å². The number of hydrogen-bond acceptors (Lipinski definition) is 8. The summed E-state index contributed by atoms with van der Waals surface area (Å²) in [6.07, 6.45) is 11.2. The first kappa shape index (κ1) is 46.9. The molecule has 0 fully saturated rings. The van der Waals surface area contributed by atoms with Gasteiger partial charge in [0.1, 0.15) is 11.5 Å². The van der Waals surface area contributed by atoms with E-state index in [4.69, 9.17) is 14.4 Å². The van der Waals surface area contributed by atoms with Crippen LogP contribution in [0.15, 0.2) is 199 Å². The van der Waals surface area contributed by atoms with Crippen molar-refractivity contribution < 1.29 is 46.5 Å². The van der Waals surface area contributed by atoms with Crippen LogP contribution in [0, 0.1) is 24.3 Å². The summed E-state index contributed by atoms with van der Waals surface area (Å²) in [7, 11) is 0. The third-order valence-corrected chi connectivity index (χ3v) is 13.9. The van der Waals surface area contributed by atoms with Crippen molar-refractivity contribution in [3.05, 3.63) is 241 Å². The predicted octanol–water partition coefficient (Wildman–Crippen LogP) is 14.2. The van der Waals surface area contributed by atoms with Crippen LogP contribution >= 0.6 is 11.3 Å². The van der Waals surface area contributed by atoms with Gasteiger partial charge >= 0.3 is 42.1 Å². The van der Waals surface area contributed by atoms with Gasteiger partial charge in [0.15, 0.2) is 0 Å². The minimum Gasteiger partial charge on any atom is -0.481 e. The van der Waals surface area contributed by atoms with E-state index in [0.717, 1.165) is 104 Å². The smallest absolute Gasteiger partial charge is 0.481 e. The molecule has 0 N–H and O–H groups in total. The molecule has 12 aromatic rings. The van der Waals surface area contributed by atoms with Crippen molar-refractivity contribution in [2.75, 3.05) is 9.80 Å². The van der Waals surface area contributed by atoms with Crippen LogP contribution in [0.2, 0.25) is 0 Å². The van der Waals surface area contributed by atoms with Crippen LogP contribution in [0.3, 0.4) is 0 Å². The van der Waals surface area contributed by atoms with Crippen molar-refractivity contribution in [1.82, 2.24) is 29.5 Å². The average Bonchev–Trinajstić information content (AvgIpc) is 4.26. The Hall–Kier alpha value is -7.48. The molecule has 0 unspecified atom stereocenters. The van der Waals surface area contributed by atoms with Crippen molar-refractivity contribution in [3.8, 4) is 33.4 Å². The molecule has 0 atom stereocenters. The van der Waals surface area contributed by atoms with E-state index in [-0.39, 0.29) is 42.1 Å². The largest absolute Gasteiger partial charge is 2.00 e. The number of aryl methyl sites for hydroxylation is 4. The van der Waals surface area contributed by atoms with Gasteiger partial charge in [-0.2, -0.15) is 33.7 Å². The van der Waals surface area contributed by atoms with Crippen LogP contribution < -0.4 is 9.80 Å². The van der Waals surface area contributed by atoms with Gasteiger partial charge in [-0.25, -0.2) is 0 Å². The number of benzene rings is 8. The number of para-hydroxylation sites is 5. The molecule has 12 heteroatoms. The Kier molecular flexibility index (Phi) is 13.2. The summed E-state index contributed by atoms with van der Waals surface area (Å²) in [5, 5.41) is 9.79. The van der Waals surface area contributed by atoms with E-state index in [0.29, 0.717) is 5.89 Å². The molecule has 2 aliphatic heterocycles. The van der Waals surface area contributed by atoms with Crippen LogP contribution in [0.4, 0.5) is 34.1 Å². The number of thiazole rings is 1. The van der Waals surface area contributed by atoms with Gasteiger partial charge in [-0.3, -0.25) is 19.3 Å². The fraction of sp³-hybridized carbons (Fsp3) is 0.0667. The van der Waals surface area contributed by atoms with Gasteiger partial charge in [0.05, 0.1) is 11.0 Å². The molecule has 9 nitrogen and oxygen atoms in total. The van der Waals surface area contributed by atoms with E-state index >= 15 is 0 Å². The second-order valence-corrected chi connectivity index (χ2v) is 18.2. The Bertz CT molecular complexity index is 3530. The zero-order chi connectivity index (χ0) is 46.4. The van der Waals surface area contributed by atoms with Crippen LogP contribution in [-0.2, 0) is 67.8 Å².